The van der Waals surface area contributed by atoms with E-state index in [0.717, 1.165) is 18.4 Å². The lowest BCUT2D eigenvalue weighted by molar-refractivity contribution is -0.116. The maximum absolute atomic E-state index is 12.3. The number of carbonyl (C=O) groups is 3. The quantitative estimate of drug-likeness (QED) is 0.390. The number of amides is 3. The monoisotopic (exact) mass is 454 g/mol. The molecule has 8 heteroatoms. The first-order valence-corrected chi connectivity index (χ1v) is 10.9. The Kier molecular flexibility index (Phi) is 8.90. The summed E-state index contributed by atoms with van der Waals surface area (Å²) in [5, 5.41) is 5.29. The molecule has 0 spiro atoms. The molecule has 0 saturated heterocycles. The first-order valence-electron chi connectivity index (χ1n) is 10.5. The third-order valence-corrected chi connectivity index (χ3v) is 4.92. The van der Waals surface area contributed by atoms with Gasteiger partial charge in [-0.3, -0.25) is 30.6 Å². The van der Waals surface area contributed by atoms with Crippen LogP contribution < -0.4 is 21.5 Å². The predicted molar refractivity (Wildman–Crippen MR) is 130 cm³/mol. The first kappa shape index (κ1) is 25.0. The van der Waals surface area contributed by atoms with E-state index in [1.54, 1.807) is 36.4 Å². The van der Waals surface area contributed by atoms with Crippen LogP contribution in [0.5, 0.6) is 0 Å². The number of hydrazine groups is 1. The van der Waals surface area contributed by atoms with Gasteiger partial charge >= 0.3 is 0 Å². The van der Waals surface area contributed by atoms with E-state index >= 15 is 0 Å². The molecule has 3 amide bonds. The van der Waals surface area contributed by atoms with Crippen molar-refractivity contribution in [1.82, 2.24) is 16.2 Å². The van der Waals surface area contributed by atoms with E-state index in [1.807, 2.05) is 19.1 Å². The number of unbranched alkanes of at least 4 members (excludes halogenated alkanes) is 1. The largest absolute Gasteiger partial charge is 0.326 e. The van der Waals surface area contributed by atoms with Gasteiger partial charge in [0.15, 0.2) is 5.11 Å². The van der Waals surface area contributed by atoms with Gasteiger partial charge in [-0.25, -0.2) is 0 Å². The van der Waals surface area contributed by atoms with Crippen molar-refractivity contribution in [3.63, 3.8) is 0 Å². The lowest BCUT2D eigenvalue weighted by Gasteiger charge is -2.19. The lowest BCUT2D eigenvalue weighted by atomic mass is 9.87. The highest BCUT2D eigenvalue weighted by atomic mass is 32.1. The highest BCUT2D eigenvalue weighted by molar-refractivity contribution is 7.80. The van der Waals surface area contributed by atoms with Crippen molar-refractivity contribution >= 4 is 40.7 Å². The van der Waals surface area contributed by atoms with Crippen molar-refractivity contribution < 1.29 is 14.4 Å². The Hall–Kier alpha value is -3.26. The smallest absolute Gasteiger partial charge is 0.269 e. The Morgan fingerprint density at radius 2 is 1.41 bits per heavy atom. The molecular formula is C24H30N4O3S. The Bertz CT molecular complexity index is 964. The van der Waals surface area contributed by atoms with Crippen LogP contribution in [0.15, 0.2) is 48.5 Å². The standard InChI is InChI=1S/C24H30N4O3S/c1-5-6-7-20(29)25-19-14-10-17(11-15-19)22(31)27-28-23(32)26-21(30)16-8-12-18(13-9-16)24(2,3)4/h8-15H,5-7H2,1-4H3,(H,25,29)(H,27,31)(H2,26,28,30,32). The summed E-state index contributed by atoms with van der Waals surface area (Å²) >= 11 is 5.08. The molecule has 0 fully saturated rings. The molecule has 2 aromatic carbocycles. The van der Waals surface area contributed by atoms with E-state index in [1.165, 1.54) is 0 Å². The minimum atomic E-state index is -0.431. The van der Waals surface area contributed by atoms with Gasteiger partial charge in [-0.1, -0.05) is 46.2 Å². The fraction of sp³-hybridized carbons (Fsp3) is 0.333. The summed E-state index contributed by atoms with van der Waals surface area (Å²) < 4.78 is 0. The van der Waals surface area contributed by atoms with Crippen LogP contribution in [0.2, 0.25) is 0 Å². The maximum Gasteiger partial charge on any atom is 0.269 e. The van der Waals surface area contributed by atoms with Crippen LogP contribution in [0.4, 0.5) is 5.69 Å². The van der Waals surface area contributed by atoms with Gasteiger partial charge in [0, 0.05) is 23.2 Å². The minimum Gasteiger partial charge on any atom is -0.326 e. The van der Waals surface area contributed by atoms with E-state index in [9.17, 15) is 14.4 Å². The molecule has 0 aliphatic carbocycles. The maximum atomic E-state index is 12.3. The molecule has 7 nitrogen and oxygen atoms in total. The summed E-state index contributed by atoms with van der Waals surface area (Å²) in [6.07, 6.45) is 2.24. The molecule has 0 unspecified atom stereocenters. The van der Waals surface area contributed by atoms with E-state index in [2.05, 4.69) is 42.3 Å². The van der Waals surface area contributed by atoms with E-state index in [-0.39, 0.29) is 22.3 Å². The third-order valence-electron chi connectivity index (χ3n) is 4.72. The summed E-state index contributed by atoms with van der Waals surface area (Å²) in [6.45, 7) is 8.32. The number of nitrogens with one attached hydrogen (secondary N) is 4. The normalized spacial score (nSPS) is 10.8. The van der Waals surface area contributed by atoms with Gasteiger partial charge in [-0.05, 0) is 66.0 Å². The number of anilines is 1. The van der Waals surface area contributed by atoms with Gasteiger partial charge in [0.1, 0.15) is 0 Å². The van der Waals surface area contributed by atoms with E-state index < -0.39 is 5.91 Å². The molecule has 0 bridgehead atoms. The number of rotatable bonds is 6. The van der Waals surface area contributed by atoms with Gasteiger partial charge in [0.2, 0.25) is 5.91 Å². The number of hydrogen-bond acceptors (Lipinski definition) is 4. The van der Waals surface area contributed by atoms with Gasteiger partial charge < -0.3 is 5.32 Å². The van der Waals surface area contributed by atoms with Gasteiger partial charge in [-0.15, -0.1) is 0 Å². The molecular weight excluding hydrogens is 424 g/mol. The molecule has 170 valence electrons. The van der Waals surface area contributed by atoms with Crippen molar-refractivity contribution in [2.75, 3.05) is 5.32 Å². The molecule has 4 N–H and O–H groups in total. The summed E-state index contributed by atoms with van der Waals surface area (Å²) in [7, 11) is 0. The average Bonchev–Trinajstić information content (AvgIpc) is 2.76. The van der Waals surface area contributed by atoms with E-state index in [0.29, 0.717) is 23.2 Å². The predicted octanol–water partition coefficient (Wildman–Crippen LogP) is 4.06. The summed E-state index contributed by atoms with van der Waals surface area (Å²) in [5.74, 6) is -0.861. The van der Waals surface area contributed by atoms with Crippen molar-refractivity contribution in [2.45, 2.75) is 52.4 Å². The summed E-state index contributed by atoms with van der Waals surface area (Å²) in [5.41, 5.74) is 7.53. The Balaban J connectivity index is 1.82. The summed E-state index contributed by atoms with van der Waals surface area (Å²) in [6, 6.07) is 13.8. The highest BCUT2D eigenvalue weighted by Crippen LogP contribution is 2.22. The Morgan fingerprint density at radius 3 is 1.97 bits per heavy atom. The number of thiocarbonyl (C=S) groups is 1. The lowest BCUT2D eigenvalue weighted by Crippen LogP contribution is -2.48. The molecule has 32 heavy (non-hydrogen) atoms. The van der Waals surface area contributed by atoms with E-state index in [4.69, 9.17) is 12.2 Å². The van der Waals surface area contributed by atoms with Crippen LogP contribution in [0.25, 0.3) is 0 Å². The SMILES string of the molecule is CCCCC(=O)Nc1ccc(C(=O)NNC(=S)NC(=O)c2ccc(C(C)(C)C)cc2)cc1. The second-order valence-corrected chi connectivity index (χ2v) is 8.83. The van der Waals surface area contributed by atoms with Crippen LogP contribution >= 0.6 is 12.2 Å². The third kappa shape index (κ3) is 7.77. The highest BCUT2D eigenvalue weighted by Gasteiger charge is 2.15. The number of carbonyl (C=O) groups excluding carboxylic acids is 3. The zero-order chi connectivity index (χ0) is 23.7. The van der Waals surface area contributed by atoms with Gasteiger partial charge in [-0.2, -0.15) is 0 Å². The van der Waals surface area contributed by atoms with Crippen LogP contribution in [0, 0.1) is 0 Å². The second-order valence-electron chi connectivity index (χ2n) is 8.42. The molecule has 0 atom stereocenters. The van der Waals surface area contributed by atoms with Gasteiger partial charge in [0.25, 0.3) is 11.8 Å². The van der Waals surface area contributed by atoms with Crippen LogP contribution in [0.1, 0.15) is 73.2 Å². The van der Waals surface area contributed by atoms with Crippen LogP contribution in [0.3, 0.4) is 0 Å². The van der Waals surface area contributed by atoms with Crippen molar-refractivity contribution in [3.05, 3.63) is 65.2 Å². The van der Waals surface area contributed by atoms with Crippen molar-refractivity contribution in [2.24, 2.45) is 0 Å². The molecule has 0 aliphatic rings. The van der Waals surface area contributed by atoms with Gasteiger partial charge in [0.05, 0.1) is 0 Å². The number of hydrogen-bond donors (Lipinski definition) is 4. The molecule has 0 saturated carbocycles. The zero-order valence-corrected chi connectivity index (χ0v) is 19.7. The Morgan fingerprint density at radius 1 is 0.844 bits per heavy atom. The fourth-order valence-corrected chi connectivity index (χ4v) is 2.92. The Labute approximate surface area is 194 Å². The number of benzene rings is 2. The van der Waals surface area contributed by atoms with Crippen LogP contribution in [-0.2, 0) is 10.2 Å². The average molecular weight is 455 g/mol. The van der Waals surface area contributed by atoms with Crippen molar-refractivity contribution in [1.29, 1.82) is 0 Å². The zero-order valence-electron chi connectivity index (χ0n) is 18.9. The topological polar surface area (TPSA) is 99.3 Å². The second kappa shape index (κ2) is 11.4. The minimum absolute atomic E-state index is 0.00497. The molecule has 0 heterocycles. The van der Waals surface area contributed by atoms with Crippen molar-refractivity contribution in [3.8, 4) is 0 Å². The summed E-state index contributed by atoms with van der Waals surface area (Å²) in [4.78, 5) is 36.4. The molecule has 0 radical (unpaired) electrons. The fourth-order valence-electron chi connectivity index (χ4n) is 2.78. The molecule has 0 aliphatic heterocycles. The molecule has 2 rings (SSSR count). The van der Waals surface area contributed by atoms with Crippen LogP contribution in [-0.4, -0.2) is 22.8 Å². The molecule has 0 aromatic heterocycles. The first-order chi connectivity index (χ1) is 15.1. The molecule has 2 aromatic rings.